The molecule has 0 heterocycles. The maximum atomic E-state index is 12.6. The van der Waals surface area contributed by atoms with Gasteiger partial charge in [0.15, 0.2) is 0 Å². The summed E-state index contributed by atoms with van der Waals surface area (Å²) in [6.45, 7) is -0.00170. The number of ether oxygens (including phenoxy) is 1. The molecular formula is C14H25NO5S. The van der Waals surface area contributed by atoms with Crippen LogP contribution in [0.15, 0.2) is 0 Å². The molecule has 2 aliphatic rings. The molecule has 0 spiro atoms. The first-order valence-electron chi connectivity index (χ1n) is 7.69. The molecule has 0 aliphatic heterocycles. The van der Waals surface area contributed by atoms with E-state index in [1.165, 1.54) is 7.11 Å². The Balaban J connectivity index is 2.08. The number of aliphatic hydroxyl groups excluding tert-OH is 1. The molecule has 0 radical (unpaired) electrons. The van der Waals surface area contributed by atoms with Gasteiger partial charge in [-0.25, -0.2) is 13.1 Å². The highest BCUT2D eigenvalue weighted by Gasteiger charge is 2.43. The molecule has 0 saturated heterocycles. The molecule has 0 amide bonds. The van der Waals surface area contributed by atoms with E-state index in [1.807, 2.05) is 0 Å². The van der Waals surface area contributed by atoms with Crippen molar-refractivity contribution in [1.82, 2.24) is 4.72 Å². The van der Waals surface area contributed by atoms with Crippen LogP contribution in [0.1, 0.15) is 44.9 Å². The number of carbonyl (C=O) groups is 1. The molecular weight excluding hydrogens is 294 g/mol. The van der Waals surface area contributed by atoms with Gasteiger partial charge in [0.05, 0.1) is 18.3 Å². The van der Waals surface area contributed by atoms with Crippen LogP contribution in [-0.2, 0) is 19.6 Å². The largest absolute Gasteiger partial charge is 0.469 e. The molecule has 0 aromatic heterocycles. The van der Waals surface area contributed by atoms with Crippen molar-refractivity contribution < 1.29 is 23.1 Å². The summed E-state index contributed by atoms with van der Waals surface area (Å²) in [5.41, 5.74) is 0. The molecule has 2 rings (SSSR count). The molecule has 0 aromatic rings. The Morgan fingerprint density at radius 2 is 1.90 bits per heavy atom. The first-order valence-corrected chi connectivity index (χ1v) is 9.24. The van der Waals surface area contributed by atoms with Crippen molar-refractivity contribution in [2.24, 2.45) is 11.8 Å². The zero-order valence-corrected chi connectivity index (χ0v) is 13.3. The number of hydrogen-bond donors (Lipinski definition) is 2. The molecule has 4 unspecified atom stereocenters. The smallest absolute Gasteiger partial charge is 0.310 e. The summed E-state index contributed by atoms with van der Waals surface area (Å²) in [7, 11) is -2.28. The third kappa shape index (κ3) is 3.76. The Morgan fingerprint density at radius 1 is 1.19 bits per heavy atom. The minimum absolute atomic E-state index is 0.00170. The van der Waals surface area contributed by atoms with E-state index in [-0.39, 0.29) is 18.6 Å². The van der Waals surface area contributed by atoms with Crippen LogP contribution in [0.2, 0.25) is 0 Å². The Kier molecular flexibility index (Phi) is 5.62. The maximum Gasteiger partial charge on any atom is 0.310 e. The van der Waals surface area contributed by atoms with E-state index < -0.39 is 27.2 Å². The fourth-order valence-electron chi connectivity index (χ4n) is 3.60. The van der Waals surface area contributed by atoms with E-state index in [2.05, 4.69) is 4.72 Å². The highest BCUT2D eigenvalue weighted by Crippen LogP contribution is 2.33. The van der Waals surface area contributed by atoms with Crippen molar-refractivity contribution in [2.75, 3.05) is 13.7 Å². The molecule has 6 nitrogen and oxygen atoms in total. The summed E-state index contributed by atoms with van der Waals surface area (Å²) in [6.07, 6.45) is 5.36. The normalized spacial score (nSPS) is 33.8. The summed E-state index contributed by atoms with van der Waals surface area (Å²) in [5, 5.41) is 8.69. The van der Waals surface area contributed by atoms with Crippen LogP contribution in [0.4, 0.5) is 0 Å². The van der Waals surface area contributed by atoms with Crippen molar-refractivity contribution >= 4 is 16.0 Å². The SMILES string of the molecule is COC(=O)C1CCCC1S(=O)(=O)NC1CCCCC1CO. The van der Waals surface area contributed by atoms with E-state index in [0.717, 1.165) is 32.1 Å². The Hall–Kier alpha value is -0.660. The topological polar surface area (TPSA) is 92.7 Å². The van der Waals surface area contributed by atoms with E-state index in [1.54, 1.807) is 0 Å². The van der Waals surface area contributed by atoms with Gasteiger partial charge in [-0.1, -0.05) is 19.3 Å². The molecule has 4 atom stereocenters. The van der Waals surface area contributed by atoms with Crippen LogP contribution in [0, 0.1) is 11.8 Å². The van der Waals surface area contributed by atoms with E-state index >= 15 is 0 Å². The monoisotopic (exact) mass is 319 g/mol. The summed E-state index contributed by atoms with van der Waals surface area (Å²) < 4.78 is 32.7. The van der Waals surface area contributed by atoms with E-state index in [9.17, 15) is 18.3 Å². The van der Waals surface area contributed by atoms with Gasteiger partial charge in [-0.05, 0) is 31.6 Å². The number of aliphatic hydroxyl groups is 1. The third-order valence-electron chi connectivity index (χ3n) is 4.81. The van der Waals surface area contributed by atoms with Gasteiger partial charge in [-0.15, -0.1) is 0 Å². The molecule has 0 bridgehead atoms. The fourth-order valence-corrected chi connectivity index (χ4v) is 5.66. The lowest BCUT2D eigenvalue weighted by molar-refractivity contribution is -0.145. The maximum absolute atomic E-state index is 12.6. The minimum Gasteiger partial charge on any atom is -0.469 e. The highest BCUT2D eigenvalue weighted by molar-refractivity contribution is 7.90. The molecule has 21 heavy (non-hydrogen) atoms. The van der Waals surface area contributed by atoms with Gasteiger partial charge in [-0.2, -0.15) is 0 Å². The molecule has 7 heteroatoms. The zero-order valence-electron chi connectivity index (χ0n) is 12.5. The number of sulfonamides is 1. The van der Waals surface area contributed by atoms with Gasteiger partial charge < -0.3 is 9.84 Å². The average Bonchev–Trinajstić information content (AvgIpc) is 2.97. The van der Waals surface area contributed by atoms with Gasteiger partial charge in [-0.3, -0.25) is 4.79 Å². The average molecular weight is 319 g/mol. The van der Waals surface area contributed by atoms with Crippen LogP contribution in [0.25, 0.3) is 0 Å². The van der Waals surface area contributed by atoms with Gasteiger partial charge in [0.25, 0.3) is 0 Å². The van der Waals surface area contributed by atoms with Crippen molar-refractivity contribution in [1.29, 1.82) is 0 Å². The van der Waals surface area contributed by atoms with Crippen molar-refractivity contribution in [2.45, 2.75) is 56.2 Å². The quantitative estimate of drug-likeness (QED) is 0.731. The van der Waals surface area contributed by atoms with Crippen LogP contribution < -0.4 is 4.72 Å². The summed E-state index contributed by atoms with van der Waals surface area (Å²) in [6, 6.07) is -0.215. The van der Waals surface area contributed by atoms with Gasteiger partial charge in [0.1, 0.15) is 0 Å². The molecule has 2 fully saturated rings. The lowest BCUT2D eigenvalue weighted by atomic mass is 9.86. The second-order valence-electron chi connectivity index (χ2n) is 6.10. The van der Waals surface area contributed by atoms with Crippen molar-refractivity contribution in [3.8, 4) is 0 Å². The Labute approximate surface area is 126 Å². The van der Waals surface area contributed by atoms with Gasteiger partial charge in [0, 0.05) is 12.6 Å². The van der Waals surface area contributed by atoms with Crippen LogP contribution >= 0.6 is 0 Å². The summed E-state index contributed by atoms with van der Waals surface area (Å²) in [4.78, 5) is 11.7. The first-order chi connectivity index (χ1) is 9.99. The zero-order chi connectivity index (χ0) is 15.5. The number of carbonyl (C=O) groups excluding carboxylic acids is 1. The number of rotatable bonds is 5. The minimum atomic E-state index is -3.57. The molecule has 0 aromatic carbocycles. The predicted molar refractivity (Wildman–Crippen MR) is 78.0 cm³/mol. The predicted octanol–water partition coefficient (Wildman–Crippen LogP) is 0.799. The highest BCUT2D eigenvalue weighted by atomic mass is 32.2. The van der Waals surface area contributed by atoms with Gasteiger partial charge >= 0.3 is 5.97 Å². The number of esters is 1. The summed E-state index contributed by atoms with van der Waals surface area (Å²) in [5.74, 6) is -1.03. The number of nitrogens with one attached hydrogen (secondary N) is 1. The molecule has 122 valence electrons. The number of hydrogen-bond acceptors (Lipinski definition) is 5. The Bertz CT molecular complexity index is 464. The lowest BCUT2D eigenvalue weighted by Gasteiger charge is -2.32. The molecule has 2 saturated carbocycles. The van der Waals surface area contributed by atoms with Crippen LogP contribution in [-0.4, -0.2) is 44.5 Å². The van der Waals surface area contributed by atoms with Gasteiger partial charge in [0.2, 0.25) is 10.0 Å². The van der Waals surface area contributed by atoms with Crippen molar-refractivity contribution in [3.05, 3.63) is 0 Å². The standard InChI is InChI=1S/C14H25NO5S/c1-20-14(17)11-6-4-8-13(11)21(18,19)15-12-7-3-2-5-10(12)9-16/h10-13,15-16H,2-9H2,1H3. The fraction of sp³-hybridized carbons (Fsp3) is 0.929. The Morgan fingerprint density at radius 3 is 2.57 bits per heavy atom. The first kappa shape index (κ1) is 16.7. The van der Waals surface area contributed by atoms with E-state index in [4.69, 9.17) is 4.74 Å². The van der Waals surface area contributed by atoms with Crippen LogP contribution in [0.3, 0.4) is 0 Å². The summed E-state index contributed by atoms with van der Waals surface area (Å²) >= 11 is 0. The third-order valence-corrected chi connectivity index (χ3v) is 6.81. The van der Waals surface area contributed by atoms with Crippen molar-refractivity contribution in [3.63, 3.8) is 0 Å². The van der Waals surface area contributed by atoms with Crippen LogP contribution in [0.5, 0.6) is 0 Å². The lowest BCUT2D eigenvalue weighted by Crippen LogP contribution is -2.48. The second kappa shape index (κ2) is 7.07. The molecule has 2 aliphatic carbocycles. The second-order valence-corrected chi connectivity index (χ2v) is 8.03. The molecule has 2 N–H and O–H groups in total. The van der Waals surface area contributed by atoms with E-state index in [0.29, 0.717) is 12.8 Å². The number of methoxy groups -OCH3 is 1.